The van der Waals surface area contributed by atoms with E-state index in [1.54, 1.807) is 6.20 Å². The lowest BCUT2D eigenvalue weighted by Crippen LogP contribution is -2.46. The molecule has 1 fully saturated rings. The van der Waals surface area contributed by atoms with Crippen LogP contribution in [0.4, 0.5) is 0 Å². The normalized spacial score (nSPS) is 15.4. The van der Waals surface area contributed by atoms with Crippen LogP contribution in [0, 0.1) is 19.3 Å². The summed E-state index contributed by atoms with van der Waals surface area (Å²) in [5.74, 6) is 0.151. The van der Waals surface area contributed by atoms with E-state index in [-0.39, 0.29) is 5.91 Å². The molecule has 3 aromatic rings. The van der Waals surface area contributed by atoms with Gasteiger partial charge in [-0.05, 0) is 62.3 Å². The van der Waals surface area contributed by atoms with Crippen LogP contribution in [0.2, 0.25) is 0 Å². The van der Waals surface area contributed by atoms with Crippen molar-refractivity contribution in [1.29, 1.82) is 0 Å². The first kappa shape index (κ1) is 22.3. The van der Waals surface area contributed by atoms with Gasteiger partial charge in [0.2, 0.25) is 5.91 Å². The summed E-state index contributed by atoms with van der Waals surface area (Å²) < 4.78 is 7.51. The fraction of sp³-hybridized carbons (Fsp3) is 0.407. The summed E-state index contributed by atoms with van der Waals surface area (Å²) in [6.45, 7) is 7.00. The number of nitrogens with one attached hydrogen (secondary N) is 1. The van der Waals surface area contributed by atoms with Crippen LogP contribution in [0.3, 0.4) is 0 Å². The maximum absolute atomic E-state index is 13.3. The molecule has 2 aromatic carbocycles. The van der Waals surface area contributed by atoms with Gasteiger partial charge in [-0.2, -0.15) is 5.10 Å². The topological polar surface area (TPSA) is 56.2 Å². The van der Waals surface area contributed by atoms with Crippen LogP contribution in [0.5, 0.6) is 0 Å². The average Bonchev–Trinajstić information content (AvgIpc) is 3.30. The number of carbonyl (C=O) groups excluding carboxylic acids is 1. The number of aryl methyl sites for hydroxylation is 3. The third-order valence-corrected chi connectivity index (χ3v) is 6.36. The first-order chi connectivity index (χ1) is 15.5. The van der Waals surface area contributed by atoms with E-state index in [9.17, 15) is 4.79 Å². The second kappa shape index (κ2) is 10.1. The number of rotatable bonds is 8. The van der Waals surface area contributed by atoms with Crippen molar-refractivity contribution in [3.8, 4) is 11.1 Å². The van der Waals surface area contributed by atoms with Gasteiger partial charge in [-0.1, -0.05) is 53.6 Å². The Morgan fingerprint density at radius 3 is 2.56 bits per heavy atom. The molecule has 1 aromatic heterocycles. The molecule has 1 saturated heterocycles. The molecule has 1 aliphatic rings. The summed E-state index contributed by atoms with van der Waals surface area (Å²) in [5, 5.41) is 7.43. The molecule has 0 unspecified atom stereocenters. The maximum Gasteiger partial charge on any atom is 0.226 e. The second-order valence-corrected chi connectivity index (χ2v) is 9.02. The fourth-order valence-corrected chi connectivity index (χ4v) is 4.70. The molecule has 1 N–H and O–H groups in total. The summed E-state index contributed by atoms with van der Waals surface area (Å²) in [6, 6.07) is 17.2. The number of nitrogens with zero attached hydrogens (tertiary/aromatic N) is 2. The zero-order chi connectivity index (χ0) is 22.4. The number of ether oxygens (including phenoxy) is 1. The standard InChI is InChI=1S/C27H33N3O2/c1-21-16-22(2)18-25(17-21)24-7-3-6-23(19-24)20-27(8-14-32-15-9-27)26(31)28-10-4-12-30-13-5-11-29-30/h3,5-7,11,13,16-19H,4,8-10,12,14-15,20H2,1-2H3,(H,28,31). The molecule has 0 radical (unpaired) electrons. The van der Waals surface area contributed by atoms with Crippen molar-refractivity contribution in [1.82, 2.24) is 15.1 Å². The van der Waals surface area contributed by atoms with Gasteiger partial charge in [0.05, 0.1) is 5.41 Å². The third kappa shape index (κ3) is 5.46. The summed E-state index contributed by atoms with van der Waals surface area (Å²) in [5.41, 5.74) is 5.76. The van der Waals surface area contributed by atoms with Crippen LogP contribution < -0.4 is 5.32 Å². The van der Waals surface area contributed by atoms with Crippen molar-refractivity contribution in [3.05, 3.63) is 77.6 Å². The van der Waals surface area contributed by atoms with Crippen molar-refractivity contribution in [3.63, 3.8) is 0 Å². The minimum Gasteiger partial charge on any atom is -0.381 e. The summed E-state index contributed by atoms with van der Waals surface area (Å²) in [4.78, 5) is 13.3. The maximum atomic E-state index is 13.3. The fourth-order valence-electron chi connectivity index (χ4n) is 4.70. The van der Waals surface area contributed by atoms with E-state index in [1.165, 1.54) is 27.8 Å². The lowest BCUT2D eigenvalue weighted by Gasteiger charge is -2.36. The number of aromatic nitrogens is 2. The van der Waals surface area contributed by atoms with Crippen molar-refractivity contribution in [2.75, 3.05) is 19.8 Å². The van der Waals surface area contributed by atoms with Gasteiger partial charge in [0, 0.05) is 38.7 Å². The van der Waals surface area contributed by atoms with Crippen molar-refractivity contribution < 1.29 is 9.53 Å². The van der Waals surface area contributed by atoms with Crippen LogP contribution in [0.15, 0.2) is 60.9 Å². The van der Waals surface area contributed by atoms with Crippen molar-refractivity contribution in [2.45, 2.75) is 46.1 Å². The second-order valence-electron chi connectivity index (χ2n) is 9.02. The van der Waals surface area contributed by atoms with Gasteiger partial charge in [0.15, 0.2) is 0 Å². The molecule has 32 heavy (non-hydrogen) atoms. The Kier molecular flexibility index (Phi) is 7.05. The van der Waals surface area contributed by atoms with E-state index in [4.69, 9.17) is 4.74 Å². The molecule has 5 nitrogen and oxygen atoms in total. The van der Waals surface area contributed by atoms with E-state index < -0.39 is 5.41 Å². The highest BCUT2D eigenvalue weighted by Crippen LogP contribution is 2.36. The van der Waals surface area contributed by atoms with Crippen molar-refractivity contribution in [2.24, 2.45) is 5.41 Å². The summed E-state index contributed by atoms with van der Waals surface area (Å²) in [6.07, 6.45) is 6.84. The number of carbonyl (C=O) groups is 1. The third-order valence-electron chi connectivity index (χ3n) is 6.36. The number of hydrogen-bond donors (Lipinski definition) is 1. The van der Waals surface area contributed by atoms with E-state index >= 15 is 0 Å². The van der Waals surface area contributed by atoms with E-state index in [0.29, 0.717) is 19.8 Å². The molecule has 1 aliphatic heterocycles. The van der Waals surface area contributed by atoms with Crippen LogP contribution in [-0.4, -0.2) is 35.4 Å². The quantitative estimate of drug-likeness (QED) is 0.526. The Bertz CT molecular complexity index is 1020. The minimum absolute atomic E-state index is 0.151. The van der Waals surface area contributed by atoms with Gasteiger partial charge in [0.1, 0.15) is 0 Å². The van der Waals surface area contributed by atoms with Crippen molar-refractivity contribution >= 4 is 5.91 Å². The van der Waals surface area contributed by atoms with Gasteiger partial charge < -0.3 is 10.1 Å². The van der Waals surface area contributed by atoms with Gasteiger partial charge in [-0.3, -0.25) is 9.48 Å². The van der Waals surface area contributed by atoms with Crippen LogP contribution >= 0.6 is 0 Å². The highest BCUT2D eigenvalue weighted by molar-refractivity contribution is 5.83. The van der Waals surface area contributed by atoms with Gasteiger partial charge in [0.25, 0.3) is 0 Å². The summed E-state index contributed by atoms with van der Waals surface area (Å²) >= 11 is 0. The van der Waals surface area contributed by atoms with Gasteiger partial charge in [-0.25, -0.2) is 0 Å². The Labute approximate surface area is 190 Å². The first-order valence-electron chi connectivity index (χ1n) is 11.6. The Hall–Kier alpha value is -2.92. The zero-order valence-corrected chi connectivity index (χ0v) is 19.1. The van der Waals surface area contributed by atoms with E-state index in [1.807, 2.05) is 16.9 Å². The zero-order valence-electron chi connectivity index (χ0n) is 19.1. The summed E-state index contributed by atoms with van der Waals surface area (Å²) in [7, 11) is 0. The Balaban J connectivity index is 1.46. The number of benzene rings is 2. The smallest absolute Gasteiger partial charge is 0.226 e. The Morgan fingerprint density at radius 1 is 1.06 bits per heavy atom. The number of hydrogen-bond acceptors (Lipinski definition) is 3. The molecule has 1 amide bonds. The van der Waals surface area contributed by atoms with Crippen LogP contribution in [0.1, 0.15) is 36.0 Å². The molecule has 0 bridgehead atoms. The lowest BCUT2D eigenvalue weighted by atomic mass is 9.74. The predicted molar refractivity (Wildman–Crippen MR) is 127 cm³/mol. The molecule has 0 saturated carbocycles. The van der Waals surface area contributed by atoms with E-state index in [2.05, 4.69) is 66.7 Å². The molecule has 168 valence electrons. The Morgan fingerprint density at radius 2 is 1.84 bits per heavy atom. The van der Waals surface area contributed by atoms with Crippen LogP contribution in [0.25, 0.3) is 11.1 Å². The predicted octanol–water partition coefficient (Wildman–Crippen LogP) is 4.71. The van der Waals surface area contributed by atoms with Crippen LogP contribution in [-0.2, 0) is 22.5 Å². The highest BCUT2D eigenvalue weighted by atomic mass is 16.5. The highest BCUT2D eigenvalue weighted by Gasteiger charge is 2.39. The van der Waals surface area contributed by atoms with E-state index in [0.717, 1.165) is 32.2 Å². The largest absolute Gasteiger partial charge is 0.381 e. The molecule has 0 atom stereocenters. The molecule has 4 rings (SSSR count). The first-order valence-corrected chi connectivity index (χ1v) is 11.6. The lowest BCUT2D eigenvalue weighted by molar-refractivity contribution is -0.136. The van der Waals surface area contributed by atoms with Gasteiger partial charge >= 0.3 is 0 Å². The van der Waals surface area contributed by atoms with Gasteiger partial charge in [-0.15, -0.1) is 0 Å². The number of amides is 1. The molecular weight excluding hydrogens is 398 g/mol. The average molecular weight is 432 g/mol. The molecule has 5 heteroatoms. The SMILES string of the molecule is Cc1cc(C)cc(-c2cccc(CC3(C(=O)NCCCn4cccn4)CCOCC3)c2)c1. The molecule has 0 aliphatic carbocycles. The minimum atomic E-state index is -0.412. The monoisotopic (exact) mass is 431 g/mol. The molecular formula is C27H33N3O2. The molecule has 2 heterocycles. The molecule has 0 spiro atoms.